The predicted octanol–water partition coefficient (Wildman–Crippen LogP) is 2.60. The minimum Gasteiger partial charge on any atom is -0.490 e. The second kappa shape index (κ2) is 6.62. The largest absolute Gasteiger partial charge is 0.490 e. The number of hydrogen-bond donors (Lipinski definition) is 1. The van der Waals surface area contributed by atoms with Gasteiger partial charge < -0.3 is 14.6 Å². The molecule has 3 heteroatoms. The third-order valence-electron chi connectivity index (χ3n) is 2.75. The molecule has 0 aliphatic heterocycles. The molecule has 0 saturated heterocycles. The molecule has 0 spiro atoms. The lowest BCUT2D eigenvalue weighted by molar-refractivity contribution is 0.134. The Kier molecular flexibility index (Phi) is 5.45. The highest BCUT2D eigenvalue weighted by Crippen LogP contribution is 2.26. The SMILES string of the molecule is COCCC(C)Oc1c(C)cc(CO)cc1C. The minimum atomic E-state index is 0.0706. The maximum atomic E-state index is 9.12. The van der Waals surface area contributed by atoms with E-state index < -0.39 is 0 Å². The summed E-state index contributed by atoms with van der Waals surface area (Å²) in [6, 6.07) is 3.93. The Morgan fingerprint density at radius 1 is 1.24 bits per heavy atom. The fraction of sp³-hybridized carbons (Fsp3) is 0.571. The standard InChI is InChI=1S/C14H22O3/c1-10-7-13(9-15)8-11(2)14(10)17-12(3)5-6-16-4/h7-8,12,15H,5-6,9H2,1-4H3. The van der Waals surface area contributed by atoms with E-state index >= 15 is 0 Å². The summed E-state index contributed by atoms with van der Waals surface area (Å²) in [5.41, 5.74) is 3.06. The van der Waals surface area contributed by atoms with Gasteiger partial charge in [0.2, 0.25) is 0 Å². The van der Waals surface area contributed by atoms with Gasteiger partial charge in [-0.1, -0.05) is 12.1 Å². The molecule has 0 heterocycles. The van der Waals surface area contributed by atoms with E-state index in [-0.39, 0.29) is 12.7 Å². The molecule has 1 aromatic carbocycles. The number of aliphatic hydroxyl groups is 1. The zero-order chi connectivity index (χ0) is 12.8. The monoisotopic (exact) mass is 238 g/mol. The summed E-state index contributed by atoms with van der Waals surface area (Å²) in [7, 11) is 1.69. The molecule has 0 radical (unpaired) electrons. The molecular formula is C14H22O3. The van der Waals surface area contributed by atoms with Gasteiger partial charge in [0.15, 0.2) is 0 Å². The average molecular weight is 238 g/mol. The van der Waals surface area contributed by atoms with E-state index in [0.717, 1.165) is 28.9 Å². The Morgan fingerprint density at radius 2 is 1.82 bits per heavy atom. The number of methoxy groups -OCH3 is 1. The van der Waals surface area contributed by atoms with E-state index in [9.17, 15) is 0 Å². The van der Waals surface area contributed by atoms with E-state index in [0.29, 0.717) is 6.61 Å². The van der Waals surface area contributed by atoms with Crippen molar-refractivity contribution in [3.05, 3.63) is 28.8 Å². The molecule has 0 saturated carbocycles. The van der Waals surface area contributed by atoms with Crippen LogP contribution >= 0.6 is 0 Å². The third-order valence-corrected chi connectivity index (χ3v) is 2.75. The number of benzene rings is 1. The van der Waals surface area contributed by atoms with Crippen LogP contribution in [0.5, 0.6) is 5.75 Å². The van der Waals surface area contributed by atoms with Crippen molar-refractivity contribution in [2.24, 2.45) is 0 Å². The highest BCUT2D eigenvalue weighted by atomic mass is 16.5. The molecule has 0 aliphatic carbocycles. The molecular weight excluding hydrogens is 216 g/mol. The average Bonchev–Trinajstić information content (AvgIpc) is 2.30. The number of rotatable bonds is 6. The van der Waals surface area contributed by atoms with Crippen molar-refractivity contribution in [1.29, 1.82) is 0 Å². The molecule has 3 nitrogen and oxygen atoms in total. The molecule has 0 fully saturated rings. The highest BCUT2D eigenvalue weighted by molar-refractivity contribution is 5.43. The second-order valence-electron chi connectivity index (χ2n) is 4.43. The molecule has 0 amide bonds. The Morgan fingerprint density at radius 3 is 2.29 bits per heavy atom. The fourth-order valence-electron chi connectivity index (χ4n) is 1.86. The van der Waals surface area contributed by atoms with Crippen LogP contribution in [0.1, 0.15) is 30.0 Å². The Labute approximate surface area is 103 Å². The van der Waals surface area contributed by atoms with E-state index in [1.165, 1.54) is 0 Å². The second-order valence-corrected chi connectivity index (χ2v) is 4.43. The smallest absolute Gasteiger partial charge is 0.125 e. The molecule has 1 N–H and O–H groups in total. The lowest BCUT2D eigenvalue weighted by Crippen LogP contribution is -2.15. The third kappa shape index (κ3) is 4.02. The molecule has 17 heavy (non-hydrogen) atoms. The normalized spacial score (nSPS) is 12.5. The van der Waals surface area contributed by atoms with Crippen LogP contribution in [0.25, 0.3) is 0 Å². The first-order valence-corrected chi connectivity index (χ1v) is 5.95. The molecule has 96 valence electrons. The van der Waals surface area contributed by atoms with Gasteiger partial charge in [0.25, 0.3) is 0 Å². The van der Waals surface area contributed by atoms with Crippen molar-refractivity contribution < 1.29 is 14.6 Å². The molecule has 0 bridgehead atoms. The summed E-state index contributed by atoms with van der Waals surface area (Å²) in [6.45, 7) is 6.82. The van der Waals surface area contributed by atoms with Gasteiger partial charge in [0.1, 0.15) is 5.75 Å². The van der Waals surface area contributed by atoms with Gasteiger partial charge in [-0.15, -0.1) is 0 Å². The molecule has 0 aromatic heterocycles. The van der Waals surface area contributed by atoms with Crippen LogP contribution in [0.4, 0.5) is 0 Å². The quantitative estimate of drug-likeness (QED) is 0.828. The van der Waals surface area contributed by atoms with Crippen molar-refractivity contribution in [1.82, 2.24) is 0 Å². The van der Waals surface area contributed by atoms with Gasteiger partial charge in [-0.05, 0) is 37.5 Å². The lowest BCUT2D eigenvalue weighted by atomic mass is 10.1. The van der Waals surface area contributed by atoms with E-state index in [1.807, 2.05) is 32.9 Å². The Bertz CT molecular complexity index is 337. The van der Waals surface area contributed by atoms with E-state index in [2.05, 4.69) is 0 Å². The van der Waals surface area contributed by atoms with Crippen LogP contribution in [-0.2, 0) is 11.3 Å². The summed E-state index contributed by atoms with van der Waals surface area (Å²) >= 11 is 0. The van der Waals surface area contributed by atoms with Gasteiger partial charge >= 0.3 is 0 Å². The van der Waals surface area contributed by atoms with Gasteiger partial charge in [-0.2, -0.15) is 0 Å². The first-order chi connectivity index (χ1) is 8.08. The van der Waals surface area contributed by atoms with Crippen molar-refractivity contribution in [3.63, 3.8) is 0 Å². The van der Waals surface area contributed by atoms with Crippen molar-refractivity contribution in [2.45, 2.75) is 39.9 Å². The summed E-state index contributed by atoms with van der Waals surface area (Å²) < 4.78 is 10.9. The van der Waals surface area contributed by atoms with Crippen molar-refractivity contribution in [3.8, 4) is 5.75 Å². The van der Waals surface area contributed by atoms with Crippen LogP contribution in [0, 0.1) is 13.8 Å². The van der Waals surface area contributed by atoms with Gasteiger partial charge in [0.05, 0.1) is 12.7 Å². The Hall–Kier alpha value is -1.06. The van der Waals surface area contributed by atoms with Gasteiger partial charge in [0, 0.05) is 20.1 Å². The number of aliphatic hydroxyl groups excluding tert-OH is 1. The van der Waals surface area contributed by atoms with Gasteiger partial charge in [-0.3, -0.25) is 0 Å². The number of ether oxygens (including phenoxy) is 2. The summed E-state index contributed by atoms with van der Waals surface area (Å²) in [4.78, 5) is 0. The maximum absolute atomic E-state index is 9.12. The summed E-state index contributed by atoms with van der Waals surface area (Å²) in [5, 5.41) is 9.12. The van der Waals surface area contributed by atoms with Crippen LogP contribution in [0.15, 0.2) is 12.1 Å². The fourth-order valence-corrected chi connectivity index (χ4v) is 1.86. The molecule has 1 atom stereocenters. The van der Waals surface area contributed by atoms with Crippen LogP contribution in [-0.4, -0.2) is 24.9 Å². The lowest BCUT2D eigenvalue weighted by Gasteiger charge is -2.18. The Balaban J connectivity index is 2.77. The van der Waals surface area contributed by atoms with Crippen LogP contribution in [0.3, 0.4) is 0 Å². The van der Waals surface area contributed by atoms with Gasteiger partial charge in [-0.25, -0.2) is 0 Å². The van der Waals surface area contributed by atoms with Crippen molar-refractivity contribution >= 4 is 0 Å². The molecule has 1 rings (SSSR count). The zero-order valence-electron chi connectivity index (χ0n) is 11.1. The highest BCUT2D eigenvalue weighted by Gasteiger charge is 2.10. The van der Waals surface area contributed by atoms with Crippen LogP contribution in [0.2, 0.25) is 0 Å². The maximum Gasteiger partial charge on any atom is 0.125 e. The first-order valence-electron chi connectivity index (χ1n) is 5.95. The number of hydrogen-bond acceptors (Lipinski definition) is 3. The minimum absolute atomic E-state index is 0.0706. The zero-order valence-corrected chi connectivity index (χ0v) is 11.1. The number of aryl methyl sites for hydroxylation is 2. The first kappa shape index (κ1) is 14.0. The molecule has 1 unspecified atom stereocenters. The predicted molar refractivity (Wildman–Crippen MR) is 68.4 cm³/mol. The van der Waals surface area contributed by atoms with Crippen molar-refractivity contribution in [2.75, 3.05) is 13.7 Å². The molecule has 0 aliphatic rings. The summed E-state index contributed by atoms with van der Waals surface area (Å²) in [6.07, 6.45) is 1.00. The van der Waals surface area contributed by atoms with E-state index in [1.54, 1.807) is 7.11 Å². The topological polar surface area (TPSA) is 38.7 Å². The van der Waals surface area contributed by atoms with Crippen LogP contribution < -0.4 is 4.74 Å². The molecule has 1 aromatic rings. The van der Waals surface area contributed by atoms with E-state index in [4.69, 9.17) is 14.6 Å². The summed E-state index contributed by atoms with van der Waals surface area (Å²) in [5.74, 6) is 0.922.